The molecule has 0 bridgehead atoms. The Morgan fingerprint density at radius 3 is 2.57 bits per heavy atom. The summed E-state index contributed by atoms with van der Waals surface area (Å²) >= 11 is 0. The molecule has 0 radical (unpaired) electrons. The maximum atomic E-state index is 12.9. The van der Waals surface area contributed by atoms with Crippen molar-refractivity contribution in [3.63, 3.8) is 0 Å². The average Bonchev–Trinajstić information content (AvgIpc) is 3.07. The molecule has 7 heteroatoms. The van der Waals surface area contributed by atoms with Gasteiger partial charge in [-0.05, 0) is 63.1 Å². The molecule has 3 aromatic rings. The van der Waals surface area contributed by atoms with E-state index in [4.69, 9.17) is 14.0 Å². The molecule has 1 N–H and O–H groups in total. The van der Waals surface area contributed by atoms with Crippen molar-refractivity contribution in [2.24, 2.45) is 0 Å². The van der Waals surface area contributed by atoms with Crippen molar-refractivity contribution in [2.75, 3.05) is 13.2 Å². The van der Waals surface area contributed by atoms with E-state index >= 15 is 0 Å². The number of carbonyl (C=O) groups excluding carboxylic acids is 1. The van der Waals surface area contributed by atoms with E-state index in [0.29, 0.717) is 36.0 Å². The fourth-order valence-electron chi connectivity index (χ4n) is 2.88. The van der Waals surface area contributed by atoms with Crippen LogP contribution in [0.1, 0.15) is 40.2 Å². The number of carbonyl (C=O) groups is 1. The van der Waals surface area contributed by atoms with Crippen LogP contribution in [-0.4, -0.2) is 24.2 Å². The van der Waals surface area contributed by atoms with E-state index in [1.54, 1.807) is 30.3 Å². The number of rotatable bonds is 10. The maximum absolute atomic E-state index is 12.9. The van der Waals surface area contributed by atoms with Crippen LogP contribution >= 0.6 is 0 Å². The van der Waals surface area contributed by atoms with Gasteiger partial charge in [-0.25, -0.2) is 4.39 Å². The molecule has 30 heavy (non-hydrogen) atoms. The molecule has 3 rings (SSSR count). The summed E-state index contributed by atoms with van der Waals surface area (Å²) in [5.74, 6) is 1.36. The zero-order valence-electron chi connectivity index (χ0n) is 17.1. The molecule has 158 valence electrons. The molecule has 0 fully saturated rings. The Bertz CT molecular complexity index is 950. The van der Waals surface area contributed by atoms with Crippen molar-refractivity contribution in [1.29, 1.82) is 0 Å². The third-order valence-electron chi connectivity index (χ3n) is 4.62. The van der Waals surface area contributed by atoms with E-state index in [9.17, 15) is 9.18 Å². The number of amides is 1. The summed E-state index contributed by atoms with van der Waals surface area (Å²) in [7, 11) is 0. The van der Waals surface area contributed by atoms with Gasteiger partial charge in [-0.15, -0.1) is 0 Å². The third-order valence-corrected chi connectivity index (χ3v) is 4.62. The number of ether oxygens (including phenoxy) is 2. The quantitative estimate of drug-likeness (QED) is 0.493. The van der Waals surface area contributed by atoms with Crippen LogP contribution in [0.3, 0.4) is 0 Å². The van der Waals surface area contributed by atoms with Crippen molar-refractivity contribution in [1.82, 2.24) is 10.5 Å². The van der Waals surface area contributed by atoms with E-state index in [0.717, 1.165) is 24.1 Å². The van der Waals surface area contributed by atoms with Crippen LogP contribution in [0.25, 0.3) is 0 Å². The van der Waals surface area contributed by atoms with E-state index in [1.807, 2.05) is 19.9 Å². The summed E-state index contributed by atoms with van der Waals surface area (Å²) in [4.78, 5) is 12.6. The Labute approximate surface area is 175 Å². The Balaban J connectivity index is 1.43. The van der Waals surface area contributed by atoms with E-state index < -0.39 is 0 Å². The summed E-state index contributed by atoms with van der Waals surface area (Å²) in [5, 5.41) is 6.82. The molecule has 1 heterocycles. The van der Waals surface area contributed by atoms with Gasteiger partial charge in [0.2, 0.25) is 0 Å². The normalized spacial score (nSPS) is 10.6. The number of aromatic nitrogens is 1. The number of nitrogens with one attached hydrogen (secondary N) is 1. The zero-order valence-corrected chi connectivity index (χ0v) is 17.1. The van der Waals surface area contributed by atoms with Gasteiger partial charge in [0.1, 0.15) is 29.7 Å². The molecule has 0 aliphatic rings. The van der Waals surface area contributed by atoms with Crippen molar-refractivity contribution in [2.45, 2.75) is 33.3 Å². The lowest BCUT2D eigenvalue weighted by molar-refractivity contribution is 0.0948. The highest BCUT2D eigenvalue weighted by Gasteiger charge is 2.14. The van der Waals surface area contributed by atoms with Gasteiger partial charge in [-0.3, -0.25) is 4.79 Å². The van der Waals surface area contributed by atoms with Crippen LogP contribution in [0, 0.1) is 19.7 Å². The highest BCUT2D eigenvalue weighted by Crippen LogP contribution is 2.21. The maximum Gasteiger partial charge on any atom is 0.255 e. The number of unbranched alkanes of at least 4 members (excludes halogenated alkanes) is 1. The van der Waals surface area contributed by atoms with Gasteiger partial charge in [0.25, 0.3) is 5.91 Å². The predicted molar refractivity (Wildman–Crippen MR) is 110 cm³/mol. The number of nitrogens with zero attached hydrogens (tertiary/aromatic N) is 1. The van der Waals surface area contributed by atoms with E-state index in [2.05, 4.69) is 10.5 Å². The molecule has 0 atom stereocenters. The number of benzene rings is 2. The monoisotopic (exact) mass is 412 g/mol. The fourth-order valence-corrected chi connectivity index (χ4v) is 2.88. The second kappa shape index (κ2) is 10.4. The molecule has 2 aromatic carbocycles. The van der Waals surface area contributed by atoms with Gasteiger partial charge in [0.15, 0.2) is 0 Å². The topological polar surface area (TPSA) is 73.6 Å². The van der Waals surface area contributed by atoms with Crippen LogP contribution in [0.2, 0.25) is 0 Å². The summed E-state index contributed by atoms with van der Waals surface area (Å²) in [5.41, 5.74) is 2.13. The van der Waals surface area contributed by atoms with E-state index in [1.165, 1.54) is 12.1 Å². The van der Waals surface area contributed by atoms with E-state index in [-0.39, 0.29) is 18.3 Å². The zero-order chi connectivity index (χ0) is 21.3. The lowest BCUT2D eigenvalue weighted by Crippen LogP contribution is -2.25. The van der Waals surface area contributed by atoms with Gasteiger partial charge in [0, 0.05) is 6.54 Å². The number of aryl methyl sites for hydroxylation is 2. The largest absolute Gasteiger partial charge is 0.494 e. The Morgan fingerprint density at radius 2 is 1.83 bits per heavy atom. The Kier molecular flexibility index (Phi) is 7.43. The minimum atomic E-state index is -0.291. The molecular formula is C23H25FN2O4. The van der Waals surface area contributed by atoms with Crippen LogP contribution in [0.5, 0.6) is 11.5 Å². The first-order valence-electron chi connectivity index (χ1n) is 9.84. The van der Waals surface area contributed by atoms with Gasteiger partial charge in [-0.1, -0.05) is 17.3 Å². The van der Waals surface area contributed by atoms with Crippen LogP contribution in [0.4, 0.5) is 4.39 Å². The van der Waals surface area contributed by atoms with Crippen LogP contribution < -0.4 is 14.8 Å². The minimum Gasteiger partial charge on any atom is -0.494 e. The Morgan fingerprint density at radius 1 is 1.07 bits per heavy atom. The summed E-state index contributed by atoms with van der Waals surface area (Å²) in [6, 6.07) is 13.0. The summed E-state index contributed by atoms with van der Waals surface area (Å²) in [6.07, 6.45) is 1.52. The molecule has 0 spiro atoms. The first-order chi connectivity index (χ1) is 14.5. The molecule has 1 amide bonds. The minimum absolute atomic E-state index is 0.191. The number of hydrogen-bond donors (Lipinski definition) is 1. The third kappa shape index (κ3) is 5.83. The number of halogens is 1. The Hall–Kier alpha value is -3.35. The van der Waals surface area contributed by atoms with Gasteiger partial charge in [0.05, 0.1) is 23.4 Å². The summed E-state index contributed by atoms with van der Waals surface area (Å²) < 4.78 is 29.4. The number of para-hydroxylation sites is 1. The molecule has 0 saturated carbocycles. The predicted octanol–water partition coefficient (Wildman–Crippen LogP) is 4.60. The second-order valence-corrected chi connectivity index (χ2v) is 6.85. The second-order valence-electron chi connectivity index (χ2n) is 6.85. The standard InChI is InChI=1S/C23H25FN2O4/c1-16-21(17(2)30-26-16)15-29-22-8-4-3-7-20(22)23(27)25-13-5-6-14-28-19-11-9-18(24)10-12-19/h3-4,7-12H,5-6,13-15H2,1-2H3,(H,25,27). The molecule has 0 saturated heterocycles. The lowest BCUT2D eigenvalue weighted by atomic mass is 10.1. The first kappa shape index (κ1) is 21.4. The smallest absolute Gasteiger partial charge is 0.255 e. The molecule has 6 nitrogen and oxygen atoms in total. The van der Waals surface area contributed by atoms with Crippen molar-refractivity contribution < 1.29 is 23.2 Å². The van der Waals surface area contributed by atoms with Crippen molar-refractivity contribution in [3.05, 3.63) is 76.9 Å². The molecule has 0 unspecified atom stereocenters. The van der Waals surface area contributed by atoms with Gasteiger partial charge in [-0.2, -0.15) is 0 Å². The first-order valence-corrected chi connectivity index (χ1v) is 9.84. The fraction of sp³-hybridized carbons (Fsp3) is 0.304. The van der Waals surface area contributed by atoms with Crippen molar-refractivity contribution in [3.8, 4) is 11.5 Å². The molecule has 0 aliphatic heterocycles. The van der Waals surface area contributed by atoms with Gasteiger partial charge < -0.3 is 19.3 Å². The molecule has 1 aromatic heterocycles. The lowest BCUT2D eigenvalue weighted by Gasteiger charge is -2.12. The summed E-state index contributed by atoms with van der Waals surface area (Å²) in [6.45, 7) is 4.99. The SMILES string of the molecule is Cc1noc(C)c1COc1ccccc1C(=O)NCCCCOc1ccc(F)cc1. The molecule has 0 aliphatic carbocycles. The highest BCUT2D eigenvalue weighted by molar-refractivity contribution is 5.96. The average molecular weight is 412 g/mol. The van der Waals surface area contributed by atoms with Crippen molar-refractivity contribution >= 4 is 5.91 Å². The van der Waals surface area contributed by atoms with Gasteiger partial charge >= 0.3 is 0 Å². The van der Waals surface area contributed by atoms with Crippen LogP contribution in [0.15, 0.2) is 53.1 Å². The highest BCUT2D eigenvalue weighted by atomic mass is 19.1. The molecular weight excluding hydrogens is 387 g/mol. The number of hydrogen-bond acceptors (Lipinski definition) is 5. The van der Waals surface area contributed by atoms with Crippen LogP contribution in [-0.2, 0) is 6.61 Å².